The van der Waals surface area contributed by atoms with Gasteiger partial charge in [-0.25, -0.2) is 0 Å². The van der Waals surface area contributed by atoms with E-state index < -0.39 is 23.9 Å². The van der Waals surface area contributed by atoms with Crippen LogP contribution in [0.15, 0.2) is 0 Å². The summed E-state index contributed by atoms with van der Waals surface area (Å²) in [5, 5.41) is 37.8. The Balaban J connectivity index is 1.04. The van der Waals surface area contributed by atoms with Gasteiger partial charge in [0.15, 0.2) is 6.29 Å². The molecule has 51 heavy (non-hydrogen) atoms. The number of ether oxygens (including phenoxy) is 3. The molecule has 4 saturated carbocycles. The number of nitrogens with one attached hydrogen (secondary N) is 1. The van der Waals surface area contributed by atoms with Crippen molar-refractivity contribution in [3.8, 4) is 0 Å². The molecule has 0 aromatic rings. The molecule has 3 saturated heterocycles. The highest BCUT2D eigenvalue weighted by molar-refractivity contribution is 5.76. The van der Waals surface area contributed by atoms with Crippen molar-refractivity contribution >= 4 is 5.91 Å². The molecule has 4 N–H and O–H groups in total. The Kier molecular flexibility index (Phi) is 10.6. The largest absolute Gasteiger partial charge is 0.390 e. The summed E-state index contributed by atoms with van der Waals surface area (Å²) in [6.45, 7) is 18.7. The van der Waals surface area contributed by atoms with E-state index in [0.717, 1.165) is 70.9 Å². The van der Waals surface area contributed by atoms with Gasteiger partial charge < -0.3 is 39.7 Å². The maximum absolute atomic E-state index is 13.3. The van der Waals surface area contributed by atoms with Crippen molar-refractivity contribution in [2.75, 3.05) is 32.8 Å². The maximum Gasteiger partial charge on any atom is 0.223 e. The van der Waals surface area contributed by atoms with Crippen molar-refractivity contribution in [1.82, 2.24) is 10.2 Å². The molecule has 9 nitrogen and oxygen atoms in total. The number of amides is 1. The normalized spacial score (nSPS) is 45.6. The fourth-order valence-corrected chi connectivity index (χ4v) is 13.7. The summed E-state index contributed by atoms with van der Waals surface area (Å²) in [6, 6.07) is 0. The highest BCUT2D eigenvalue weighted by Gasteiger charge is 2.80. The van der Waals surface area contributed by atoms with Crippen LogP contribution in [-0.4, -0.2) is 101 Å². The second-order valence-electron chi connectivity index (χ2n) is 20.0. The van der Waals surface area contributed by atoms with Crippen molar-refractivity contribution in [2.45, 2.75) is 174 Å². The van der Waals surface area contributed by atoms with Gasteiger partial charge in [0.05, 0.1) is 43.2 Å². The van der Waals surface area contributed by atoms with E-state index in [1.165, 1.54) is 12.8 Å². The molecule has 13 atom stereocenters. The molecule has 4 aliphatic carbocycles. The van der Waals surface area contributed by atoms with E-state index in [9.17, 15) is 20.1 Å². The van der Waals surface area contributed by atoms with Gasteiger partial charge in [-0.2, -0.15) is 0 Å². The van der Waals surface area contributed by atoms with Gasteiger partial charge in [0.1, 0.15) is 6.10 Å². The molecule has 3 aliphatic heterocycles. The molecule has 292 valence electrons. The molecular formula is C42H72N2O7. The Morgan fingerprint density at radius 3 is 2.43 bits per heavy atom. The molecule has 0 aromatic carbocycles. The third-order valence-corrected chi connectivity index (χ3v) is 16.5. The number of nitrogens with zero attached hydrogens (tertiary/aromatic N) is 1. The van der Waals surface area contributed by atoms with E-state index in [0.29, 0.717) is 56.2 Å². The van der Waals surface area contributed by atoms with Gasteiger partial charge in [0.25, 0.3) is 0 Å². The molecule has 7 rings (SSSR count). The minimum atomic E-state index is -1.27. The summed E-state index contributed by atoms with van der Waals surface area (Å²) in [5.74, 6) is 2.24. The van der Waals surface area contributed by atoms with E-state index >= 15 is 0 Å². The Morgan fingerprint density at radius 2 is 1.73 bits per heavy atom. The minimum Gasteiger partial charge on any atom is -0.390 e. The van der Waals surface area contributed by atoms with Crippen LogP contribution in [0.5, 0.6) is 0 Å². The van der Waals surface area contributed by atoms with Crippen LogP contribution in [0.2, 0.25) is 0 Å². The highest BCUT2D eigenvalue weighted by Crippen LogP contribution is 2.86. The van der Waals surface area contributed by atoms with Gasteiger partial charge in [-0.1, -0.05) is 47.5 Å². The molecule has 1 amide bonds. The molecule has 9 heteroatoms. The van der Waals surface area contributed by atoms with Crippen LogP contribution in [-0.2, 0) is 19.0 Å². The average molecular weight is 717 g/mol. The van der Waals surface area contributed by atoms with Crippen molar-refractivity contribution < 1.29 is 34.3 Å². The van der Waals surface area contributed by atoms with Crippen LogP contribution in [0.1, 0.15) is 132 Å². The molecule has 0 radical (unpaired) electrons. The molecule has 7 aliphatic rings. The maximum atomic E-state index is 13.3. The summed E-state index contributed by atoms with van der Waals surface area (Å²) in [5.41, 5.74) is -1.00. The van der Waals surface area contributed by atoms with Gasteiger partial charge in [0.2, 0.25) is 5.91 Å². The lowest BCUT2D eigenvalue weighted by Gasteiger charge is -2.61. The third kappa shape index (κ3) is 6.56. The number of aliphatic hydroxyl groups is 3. The van der Waals surface area contributed by atoms with E-state index in [-0.39, 0.29) is 52.0 Å². The van der Waals surface area contributed by atoms with E-state index in [4.69, 9.17) is 14.2 Å². The van der Waals surface area contributed by atoms with Gasteiger partial charge in [-0.15, -0.1) is 0 Å². The van der Waals surface area contributed by atoms with E-state index in [2.05, 4.69) is 39.9 Å². The first kappa shape index (κ1) is 38.5. The Hall–Kier alpha value is -0.810. The molecule has 13 unspecified atom stereocenters. The topological polar surface area (TPSA) is 121 Å². The first-order valence-corrected chi connectivity index (χ1v) is 21.1. The lowest BCUT2D eigenvalue weighted by Crippen LogP contribution is -2.61. The van der Waals surface area contributed by atoms with Gasteiger partial charge in [-0.3, -0.25) is 4.79 Å². The van der Waals surface area contributed by atoms with E-state index in [1.807, 2.05) is 4.90 Å². The Morgan fingerprint density at radius 1 is 1.02 bits per heavy atom. The number of hydrogen-bond acceptors (Lipinski definition) is 8. The Labute approximate surface area is 308 Å². The number of rotatable bonds is 9. The summed E-state index contributed by atoms with van der Waals surface area (Å²) in [7, 11) is 0. The quantitative estimate of drug-likeness (QED) is 0.241. The number of hydrogen-bond donors (Lipinski definition) is 4. The first-order chi connectivity index (χ1) is 24.1. The highest BCUT2D eigenvalue weighted by atomic mass is 16.7. The van der Waals surface area contributed by atoms with Gasteiger partial charge in [-0.05, 0) is 142 Å². The molecular weight excluding hydrogens is 644 g/mol. The molecule has 0 bridgehead atoms. The van der Waals surface area contributed by atoms with Crippen LogP contribution in [0.25, 0.3) is 0 Å². The zero-order chi connectivity index (χ0) is 36.6. The summed E-state index contributed by atoms with van der Waals surface area (Å²) in [4.78, 5) is 15.3. The third-order valence-electron chi connectivity index (χ3n) is 16.5. The summed E-state index contributed by atoms with van der Waals surface area (Å²) < 4.78 is 19.8. The monoisotopic (exact) mass is 717 g/mol. The van der Waals surface area contributed by atoms with E-state index in [1.54, 1.807) is 13.8 Å². The predicted molar refractivity (Wildman–Crippen MR) is 197 cm³/mol. The van der Waals surface area contributed by atoms with Crippen LogP contribution in [0.4, 0.5) is 0 Å². The second kappa shape index (κ2) is 14.0. The SMILES string of the molecule is CCC1C(C)CC(C(O)C(C)(C)O)OC1C(O)C1(C)CCCC23CC24CCC(OC2CN(C(=O)CC5CCNCC5)CCO2)C(C)(C)C4CCC13. The van der Waals surface area contributed by atoms with Gasteiger partial charge >= 0.3 is 0 Å². The number of morpholine rings is 1. The van der Waals surface area contributed by atoms with Crippen LogP contribution in [0, 0.1) is 51.2 Å². The second-order valence-corrected chi connectivity index (χ2v) is 20.0. The average Bonchev–Trinajstić information content (AvgIpc) is 3.76. The van der Waals surface area contributed by atoms with Crippen molar-refractivity contribution in [1.29, 1.82) is 0 Å². The summed E-state index contributed by atoms with van der Waals surface area (Å²) >= 11 is 0. The standard InChI is InChI=1S/C42H72N2O7/c1-8-28-26(2)22-29(36(46)39(5,6)48)50-35(28)37(47)40(7)15-9-16-41-25-42(41)17-12-32(38(3,4)30(42)10-11-31(40)41)51-34-24-44(20-21-49-34)33(45)23-27-13-18-43-19-14-27/h26-32,34-37,43,46-48H,8-25H2,1-7H3. The van der Waals surface area contributed by atoms with Crippen LogP contribution >= 0.6 is 0 Å². The lowest BCUT2D eigenvalue weighted by molar-refractivity contribution is -0.252. The van der Waals surface area contributed by atoms with Gasteiger partial charge in [0, 0.05) is 13.0 Å². The smallest absolute Gasteiger partial charge is 0.223 e. The molecule has 2 spiro atoms. The molecule has 7 fully saturated rings. The van der Waals surface area contributed by atoms with Crippen molar-refractivity contribution in [3.05, 3.63) is 0 Å². The molecule has 0 aromatic heterocycles. The van der Waals surface area contributed by atoms with Crippen molar-refractivity contribution in [2.24, 2.45) is 51.2 Å². The zero-order valence-corrected chi connectivity index (χ0v) is 33.0. The van der Waals surface area contributed by atoms with Crippen LogP contribution < -0.4 is 5.32 Å². The first-order valence-electron chi connectivity index (χ1n) is 21.1. The zero-order valence-electron chi connectivity index (χ0n) is 33.0. The lowest BCUT2D eigenvalue weighted by atomic mass is 9.45. The van der Waals surface area contributed by atoms with Crippen molar-refractivity contribution in [3.63, 3.8) is 0 Å². The predicted octanol–water partition coefficient (Wildman–Crippen LogP) is 5.67. The number of aliphatic hydroxyl groups excluding tert-OH is 2. The van der Waals surface area contributed by atoms with Crippen LogP contribution in [0.3, 0.4) is 0 Å². The number of piperidine rings is 1. The Bertz CT molecular complexity index is 1250. The number of carbonyl (C=O) groups excluding carboxylic acids is 1. The summed E-state index contributed by atoms with van der Waals surface area (Å²) in [6.07, 6.45) is 10.8. The minimum absolute atomic E-state index is 0.0143. The molecule has 3 heterocycles. The fraction of sp³-hybridized carbons (Fsp3) is 0.976. The fourth-order valence-electron chi connectivity index (χ4n) is 13.7. The number of carbonyl (C=O) groups is 1.